The Kier molecular flexibility index (Phi) is 6.47. The maximum atomic E-state index is 12.9. The number of para-hydroxylation sites is 1. The highest BCUT2D eigenvalue weighted by atomic mass is 32.2. The number of rotatable bonds is 7. The highest BCUT2D eigenvalue weighted by Crippen LogP contribution is 2.38. The molecule has 1 aromatic heterocycles. The van der Waals surface area contributed by atoms with Crippen LogP contribution in [0.5, 0.6) is 0 Å². The third kappa shape index (κ3) is 4.62. The second-order valence-corrected chi connectivity index (χ2v) is 10.9. The van der Waals surface area contributed by atoms with Crippen LogP contribution in [0.2, 0.25) is 0 Å². The molecule has 13 heteroatoms. The molecule has 0 bridgehead atoms. The Morgan fingerprint density at radius 2 is 1.85 bits per heavy atom. The maximum Gasteiger partial charge on any atom is 0.289 e. The molecule has 2 aromatic rings. The molecule has 2 heterocycles. The Morgan fingerprint density at radius 1 is 1.15 bits per heavy atom. The first-order valence-electron chi connectivity index (χ1n) is 10.4. The number of nitro benzene ring substituents is 1. The van der Waals surface area contributed by atoms with E-state index in [0.717, 1.165) is 35.8 Å². The normalized spacial score (nSPS) is 17.0. The molecule has 176 valence electrons. The van der Waals surface area contributed by atoms with Crippen molar-refractivity contribution in [3.05, 3.63) is 50.4 Å². The molecular weight excluding hydrogens is 470 g/mol. The van der Waals surface area contributed by atoms with Gasteiger partial charge in [0.1, 0.15) is 5.00 Å². The van der Waals surface area contributed by atoms with E-state index in [2.05, 4.69) is 5.32 Å². The molecule has 4 rings (SSSR count). The van der Waals surface area contributed by atoms with Crippen LogP contribution in [0.4, 0.5) is 10.7 Å². The number of carbonyl (C=O) groups is 2. The Hall–Kier alpha value is -2.87. The van der Waals surface area contributed by atoms with Gasteiger partial charge in [0.2, 0.25) is 15.9 Å². The van der Waals surface area contributed by atoms with Crippen molar-refractivity contribution in [2.24, 2.45) is 5.73 Å². The minimum Gasteiger partial charge on any atom is -0.365 e. The minimum absolute atomic E-state index is 0.0279. The van der Waals surface area contributed by atoms with Gasteiger partial charge >= 0.3 is 0 Å². The summed E-state index contributed by atoms with van der Waals surface area (Å²) in [5.74, 6) is -0.869. The number of piperazine rings is 1. The predicted molar refractivity (Wildman–Crippen MR) is 122 cm³/mol. The predicted octanol–water partition coefficient (Wildman–Crippen LogP) is 1.19. The van der Waals surface area contributed by atoms with Crippen LogP contribution in [0.15, 0.2) is 29.2 Å². The van der Waals surface area contributed by atoms with Gasteiger partial charge in [0.15, 0.2) is 4.90 Å². The molecule has 0 atom stereocenters. The summed E-state index contributed by atoms with van der Waals surface area (Å²) in [5.41, 5.74) is 6.38. The van der Waals surface area contributed by atoms with E-state index in [1.165, 1.54) is 33.8 Å². The molecule has 0 unspecified atom stereocenters. The highest BCUT2D eigenvalue weighted by Gasteiger charge is 2.34. The summed E-state index contributed by atoms with van der Waals surface area (Å²) in [5, 5.41) is 14.5. The molecule has 1 aliphatic carbocycles. The van der Waals surface area contributed by atoms with Crippen molar-refractivity contribution < 1.29 is 22.9 Å². The first-order chi connectivity index (χ1) is 15.7. The van der Waals surface area contributed by atoms with Gasteiger partial charge in [-0.05, 0) is 30.9 Å². The number of hydrogen-bond donors (Lipinski definition) is 2. The van der Waals surface area contributed by atoms with Gasteiger partial charge in [0.05, 0.1) is 17.0 Å². The van der Waals surface area contributed by atoms with E-state index in [1.807, 2.05) is 0 Å². The summed E-state index contributed by atoms with van der Waals surface area (Å²) in [7, 11) is -4.04. The second kappa shape index (κ2) is 9.17. The summed E-state index contributed by atoms with van der Waals surface area (Å²) in [4.78, 5) is 37.5. The monoisotopic (exact) mass is 493 g/mol. The van der Waals surface area contributed by atoms with E-state index in [0.29, 0.717) is 10.6 Å². The van der Waals surface area contributed by atoms with Gasteiger partial charge in [-0.15, -0.1) is 11.3 Å². The van der Waals surface area contributed by atoms with Crippen molar-refractivity contribution in [2.45, 2.75) is 24.2 Å². The molecule has 1 saturated heterocycles. The summed E-state index contributed by atoms with van der Waals surface area (Å²) >= 11 is 1.38. The number of hydrogen-bond acceptors (Lipinski definition) is 8. The van der Waals surface area contributed by atoms with Gasteiger partial charge in [-0.2, -0.15) is 4.31 Å². The second-order valence-electron chi connectivity index (χ2n) is 7.88. The molecule has 3 N–H and O–H groups in total. The average Bonchev–Trinajstić information content (AvgIpc) is 3.34. The lowest BCUT2D eigenvalue weighted by atomic mass is 10.1. The zero-order chi connectivity index (χ0) is 23.8. The van der Waals surface area contributed by atoms with Crippen LogP contribution in [-0.4, -0.2) is 67.1 Å². The van der Waals surface area contributed by atoms with Crippen LogP contribution in [0.3, 0.4) is 0 Å². The number of fused-ring (bicyclic) bond motifs is 1. The van der Waals surface area contributed by atoms with E-state index in [-0.39, 0.29) is 43.5 Å². The third-order valence-electron chi connectivity index (χ3n) is 5.80. The maximum absolute atomic E-state index is 12.9. The number of nitro groups is 1. The van der Waals surface area contributed by atoms with Gasteiger partial charge in [0.25, 0.3) is 11.6 Å². The van der Waals surface area contributed by atoms with Gasteiger partial charge < -0.3 is 11.1 Å². The molecule has 2 amide bonds. The summed E-state index contributed by atoms with van der Waals surface area (Å²) < 4.78 is 27.1. The quantitative estimate of drug-likeness (QED) is 0.433. The van der Waals surface area contributed by atoms with Crippen molar-refractivity contribution in [3.8, 4) is 0 Å². The van der Waals surface area contributed by atoms with E-state index in [1.54, 1.807) is 4.90 Å². The number of thiophene rings is 1. The van der Waals surface area contributed by atoms with Gasteiger partial charge in [-0.25, -0.2) is 8.42 Å². The fourth-order valence-electron chi connectivity index (χ4n) is 4.22. The van der Waals surface area contributed by atoms with Gasteiger partial charge in [-0.3, -0.25) is 24.6 Å². The van der Waals surface area contributed by atoms with Crippen molar-refractivity contribution in [3.63, 3.8) is 0 Å². The van der Waals surface area contributed by atoms with Crippen LogP contribution < -0.4 is 11.1 Å². The Balaban J connectivity index is 1.38. The van der Waals surface area contributed by atoms with Crippen LogP contribution in [0.1, 0.15) is 27.2 Å². The van der Waals surface area contributed by atoms with Crippen molar-refractivity contribution in [1.82, 2.24) is 9.21 Å². The molecule has 0 radical (unpaired) electrons. The molecule has 1 aliphatic heterocycles. The summed E-state index contributed by atoms with van der Waals surface area (Å²) in [6, 6.07) is 5.25. The highest BCUT2D eigenvalue weighted by molar-refractivity contribution is 7.89. The van der Waals surface area contributed by atoms with E-state index >= 15 is 0 Å². The number of nitrogens with zero attached hydrogens (tertiary/aromatic N) is 3. The number of sulfonamides is 1. The first-order valence-corrected chi connectivity index (χ1v) is 12.6. The molecule has 2 aliphatic rings. The molecule has 0 spiro atoms. The number of primary amides is 1. The zero-order valence-electron chi connectivity index (χ0n) is 17.7. The minimum atomic E-state index is -4.04. The van der Waals surface area contributed by atoms with Gasteiger partial charge in [-0.1, -0.05) is 12.1 Å². The third-order valence-corrected chi connectivity index (χ3v) is 8.95. The molecular formula is C20H23N5O6S2. The summed E-state index contributed by atoms with van der Waals surface area (Å²) in [6.45, 7) is 0.803. The van der Waals surface area contributed by atoms with E-state index in [9.17, 15) is 28.1 Å². The van der Waals surface area contributed by atoms with Crippen LogP contribution in [0.25, 0.3) is 0 Å². The molecule has 1 fully saturated rings. The number of carbonyl (C=O) groups excluding carboxylic acids is 2. The standard InChI is InChI=1S/C20H23N5O6S2/c21-19(27)18-13-4-3-6-15(13)32-20(18)22-17(26)12-23-8-10-24(11-9-23)33(30,31)16-7-2-1-5-14(16)25(28)29/h1-2,5,7H,3-4,6,8-12H2,(H2,21,27)(H,22,26). The lowest BCUT2D eigenvalue weighted by molar-refractivity contribution is -0.387. The number of aryl methyl sites for hydroxylation is 1. The molecule has 0 saturated carbocycles. The number of nitrogens with two attached hydrogens (primary N) is 1. The topological polar surface area (TPSA) is 156 Å². The molecule has 33 heavy (non-hydrogen) atoms. The molecule has 1 aromatic carbocycles. The average molecular weight is 494 g/mol. The van der Waals surface area contributed by atoms with Crippen LogP contribution >= 0.6 is 11.3 Å². The Morgan fingerprint density at radius 3 is 2.52 bits per heavy atom. The number of anilines is 1. The van der Waals surface area contributed by atoms with E-state index < -0.39 is 26.5 Å². The number of benzene rings is 1. The number of nitrogens with one attached hydrogen (secondary N) is 1. The van der Waals surface area contributed by atoms with Crippen molar-refractivity contribution in [2.75, 3.05) is 38.0 Å². The molecule has 11 nitrogen and oxygen atoms in total. The van der Waals surface area contributed by atoms with E-state index in [4.69, 9.17) is 5.73 Å². The first kappa shape index (κ1) is 23.3. The van der Waals surface area contributed by atoms with Gasteiger partial charge in [0, 0.05) is 37.1 Å². The van der Waals surface area contributed by atoms with Crippen molar-refractivity contribution >= 4 is 43.9 Å². The lowest BCUT2D eigenvalue weighted by Gasteiger charge is -2.33. The summed E-state index contributed by atoms with van der Waals surface area (Å²) in [6.07, 6.45) is 2.61. The largest absolute Gasteiger partial charge is 0.365 e. The smallest absolute Gasteiger partial charge is 0.289 e. The van der Waals surface area contributed by atoms with Crippen LogP contribution in [-0.2, 0) is 27.7 Å². The fraction of sp³-hybridized carbons (Fsp3) is 0.400. The fourth-order valence-corrected chi connectivity index (χ4v) is 7.11. The SMILES string of the molecule is NC(=O)c1c(NC(=O)CN2CCN(S(=O)(=O)c3ccccc3[N+](=O)[O-])CC2)sc2c1CCC2. The number of amides is 2. The lowest BCUT2D eigenvalue weighted by Crippen LogP contribution is -2.50. The Bertz CT molecular complexity index is 1220. The Labute approximate surface area is 194 Å². The zero-order valence-corrected chi connectivity index (χ0v) is 19.3. The van der Waals surface area contributed by atoms with Crippen LogP contribution in [0, 0.1) is 10.1 Å². The van der Waals surface area contributed by atoms with Crippen molar-refractivity contribution in [1.29, 1.82) is 0 Å².